The van der Waals surface area contributed by atoms with Crippen molar-refractivity contribution in [1.82, 2.24) is 9.21 Å². The second-order valence-electron chi connectivity index (χ2n) is 6.16. The normalized spacial score (nSPS) is 15.0. The van der Waals surface area contributed by atoms with Crippen LogP contribution in [0.5, 0.6) is 0 Å². The van der Waals surface area contributed by atoms with Crippen molar-refractivity contribution in [1.29, 1.82) is 0 Å². The maximum Gasteiger partial charge on any atom is 0.243 e. The Kier molecular flexibility index (Phi) is 7.76. The van der Waals surface area contributed by atoms with E-state index in [1.165, 1.54) is 16.4 Å². The highest BCUT2D eigenvalue weighted by atomic mass is 32.2. The molecular weight excluding hydrogens is 370 g/mol. The van der Waals surface area contributed by atoms with Crippen LogP contribution in [-0.2, 0) is 24.3 Å². The number of hydrogen-bond donors (Lipinski definition) is 1. The van der Waals surface area contributed by atoms with Gasteiger partial charge in [0, 0.05) is 44.7 Å². The molecule has 1 heterocycles. The van der Waals surface area contributed by atoms with Crippen LogP contribution in [0.1, 0.15) is 26.7 Å². The molecule has 0 atom stereocenters. The Morgan fingerprint density at radius 3 is 2.22 bits per heavy atom. The monoisotopic (exact) mass is 397 g/mol. The smallest absolute Gasteiger partial charge is 0.243 e. The van der Waals surface area contributed by atoms with Gasteiger partial charge in [0.2, 0.25) is 21.8 Å². The van der Waals surface area contributed by atoms with E-state index in [1.807, 2.05) is 0 Å². The lowest BCUT2D eigenvalue weighted by Gasteiger charge is -2.26. The summed E-state index contributed by atoms with van der Waals surface area (Å²) in [6.07, 6.45) is 0.218. The molecule has 1 fully saturated rings. The van der Waals surface area contributed by atoms with Gasteiger partial charge in [-0.25, -0.2) is 8.42 Å². The van der Waals surface area contributed by atoms with Gasteiger partial charge in [0.15, 0.2) is 0 Å². The molecule has 1 aliphatic rings. The number of morpholine rings is 1. The summed E-state index contributed by atoms with van der Waals surface area (Å²) in [5, 5.41) is 2.69. The summed E-state index contributed by atoms with van der Waals surface area (Å²) in [5.74, 6) is -0.343. The lowest BCUT2D eigenvalue weighted by molar-refractivity contribution is -0.136. The van der Waals surface area contributed by atoms with E-state index in [4.69, 9.17) is 4.74 Å². The zero-order valence-electron chi connectivity index (χ0n) is 15.8. The van der Waals surface area contributed by atoms with Crippen molar-refractivity contribution in [2.24, 2.45) is 0 Å². The molecule has 1 aromatic carbocycles. The number of ether oxygens (including phenoxy) is 1. The predicted octanol–water partition coefficient (Wildman–Crippen LogP) is 1.29. The summed E-state index contributed by atoms with van der Waals surface area (Å²) < 4.78 is 31.5. The summed E-state index contributed by atoms with van der Waals surface area (Å²) in [6, 6.07) is 6.06. The van der Waals surface area contributed by atoms with E-state index in [-0.39, 0.29) is 29.6 Å². The van der Waals surface area contributed by atoms with Gasteiger partial charge in [-0.1, -0.05) is 13.8 Å². The van der Waals surface area contributed by atoms with E-state index < -0.39 is 10.0 Å². The van der Waals surface area contributed by atoms with Gasteiger partial charge in [-0.15, -0.1) is 0 Å². The van der Waals surface area contributed by atoms with E-state index in [0.29, 0.717) is 45.1 Å². The molecule has 0 radical (unpaired) electrons. The molecule has 2 amide bonds. The average molecular weight is 397 g/mol. The largest absolute Gasteiger partial charge is 0.378 e. The molecule has 150 valence electrons. The van der Waals surface area contributed by atoms with Crippen LogP contribution in [0.15, 0.2) is 29.2 Å². The highest BCUT2D eigenvalue weighted by Crippen LogP contribution is 2.18. The molecule has 2 rings (SSSR count). The lowest BCUT2D eigenvalue weighted by atomic mass is 10.2. The predicted molar refractivity (Wildman–Crippen MR) is 102 cm³/mol. The fraction of sp³-hybridized carbons (Fsp3) is 0.556. The van der Waals surface area contributed by atoms with E-state index in [9.17, 15) is 18.0 Å². The number of benzene rings is 1. The van der Waals surface area contributed by atoms with Gasteiger partial charge in [-0.05, 0) is 24.3 Å². The number of carbonyl (C=O) groups excluding carboxylic acids is 2. The van der Waals surface area contributed by atoms with Crippen LogP contribution in [0.3, 0.4) is 0 Å². The van der Waals surface area contributed by atoms with Gasteiger partial charge in [0.25, 0.3) is 0 Å². The second kappa shape index (κ2) is 9.82. The number of rotatable bonds is 8. The Morgan fingerprint density at radius 2 is 1.67 bits per heavy atom. The molecule has 0 aliphatic carbocycles. The fourth-order valence-corrected chi connectivity index (χ4v) is 4.30. The van der Waals surface area contributed by atoms with Gasteiger partial charge < -0.3 is 15.0 Å². The maximum absolute atomic E-state index is 12.4. The first-order valence-electron chi connectivity index (χ1n) is 9.14. The highest BCUT2D eigenvalue weighted by molar-refractivity contribution is 7.89. The maximum atomic E-state index is 12.4. The summed E-state index contributed by atoms with van der Waals surface area (Å²) in [7, 11) is -3.52. The molecular formula is C18H27N3O5S. The number of nitrogens with zero attached hydrogens (tertiary/aromatic N) is 2. The summed E-state index contributed by atoms with van der Waals surface area (Å²) in [4.78, 5) is 26.0. The van der Waals surface area contributed by atoms with Crippen LogP contribution in [0.4, 0.5) is 5.69 Å². The van der Waals surface area contributed by atoms with E-state index in [0.717, 1.165) is 0 Å². The lowest BCUT2D eigenvalue weighted by Crippen LogP contribution is -2.40. The molecule has 1 N–H and O–H groups in total. The van der Waals surface area contributed by atoms with E-state index >= 15 is 0 Å². The van der Waals surface area contributed by atoms with Gasteiger partial charge in [-0.2, -0.15) is 4.31 Å². The zero-order chi connectivity index (χ0) is 19.9. The van der Waals surface area contributed by atoms with Crippen LogP contribution >= 0.6 is 0 Å². The van der Waals surface area contributed by atoms with Crippen LogP contribution < -0.4 is 5.32 Å². The number of amides is 2. The van der Waals surface area contributed by atoms with Crippen molar-refractivity contribution in [2.75, 3.05) is 44.7 Å². The van der Waals surface area contributed by atoms with E-state index in [1.54, 1.807) is 30.9 Å². The molecule has 1 aliphatic heterocycles. The molecule has 0 aromatic heterocycles. The number of nitrogens with one attached hydrogen (secondary N) is 1. The van der Waals surface area contributed by atoms with Crippen molar-refractivity contribution in [3.8, 4) is 0 Å². The fourth-order valence-electron chi connectivity index (χ4n) is 2.84. The molecule has 1 saturated heterocycles. The van der Waals surface area contributed by atoms with Crippen molar-refractivity contribution in [3.63, 3.8) is 0 Å². The van der Waals surface area contributed by atoms with Crippen molar-refractivity contribution < 1.29 is 22.7 Å². The molecule has 0 bridgehead atoms. The standard InChI is InChI=1S/C18H27N3O5S/c1-3-21(4-2)27(24,25)16-7-5-15(6-8-16)19-17(22)9-10-18(23)20-11-13-26-14-12-20/h5-8H,3-4,9-14H2,1-2H3,(H,19,22). The second-order valence-corrected chi connectivity index (χ2v) is 8.09. The van der Waals surface area contributed by atoms with Crippen LogP contribution in [-0.4, -0.2) is 68.8 Å². The number of carbonyl (C=O) groups is 2. The minimum Gasteiger partial charge on any atom is -0.378 e. The third-order valence-electron chi connectivity index (χ3n) is 4.41. The van der Waals surface area contributed by atoms with Crippen LogP contribution in [0.2, 0.25) is 0 Å². The van der Waals surface area contributed by atoms with E-state index in [2.05, 4.69) is 5.32 Å². The minimum atomic E-state index is -3.52. The van der Waals surface area contributed by atoms with Gasteiger partial charge in [0.1, 0.15) is 0 Å². The first-order valence-corrected chi connectivity index (χ1v) is 10.6. The van der Waals surface area contributed by atoms with Gasteiger partial charge >= 0.3 is 0 Å². The van der Waals surface area contributed by atoms with Gasteiger partial charge in [-0.3, -0.25) is 9.59 Å². The Bertz CT molecular complexity index is 739. The van der Waals surface area contributed by atoms with Crippen LogP contribution in [0, 0.1) is 0 Å². The van der Waals surface area contributed by atoms with Crippen molar-refractivity contribution in [3.05, 3.63) is 24.3 Å². The Labute approximate surface area is 160 Å². The molecule has 0 unspecified atom stereocenters. The molecule has 1 aromatic rings. The number of anilines is 1. The summed E-state index contributed by atoms with van der Waals surface area (Å²) in [5.41, 5.74) is 0.498. The summed E-state index contributed by atoms with van der Waals surface area (Å²) >= 11 is 0. The Balaban J connectivity index is 1.88. The highest BCUT2D eigenvalue weighted by Gasteiger charge is 2.21. The Hall–Kier alpha value is -1.97. The first-order chi connectivity index (χ1) is 12.9. The van der Waals surface area contributed by atoms with Crippen LogP contribution in [0.25, 0.3) is 0 Å². The average Bonchev–Trinajstić information content (AvgIpc) is 2.68. The molecule has 0 saturated carbocycles. The quantitative estimate of drug-likeness (QED) is 0.713. The zero-order valence-corrected chi connectivity index (χ0v) is 16.6. The van der Waals surface area contributed by atoms with Gasteiger partial charge in [0.05, 0.1) is 18.1 Å². The number of hydrogen-bond acceptors (Lipinski definition) is 5. The number of sulfonamides is 1. The molecule has 8 nitrogen and oxygen atoms in total. The third kappa shape index (κ3) is 5.75. The minimum absolute atomic E-state index is 0.0610. The molecule has 0 spiro atoms. The third-order valence-corrected chi connectivity index (χ3v) is 6.48. The molecule has 27 heavy (non-hydrogen) atoms. The topological polar surface area (TPSA) is 96.0 Å². The van der Waals surface area contributed by atoms with Crippen molar-refractivity contribution >= 4 is 27.5 Å². The SMILES string of the molecule is CCN(CC)S(=O)(=O)c1ccc(NC(=O)CCC(=O)N2CCOCC2)cc1. The Morgan fingerprint density at radius 1 is 1.07 bits per heavy atom. The first kappa shape index (κ1) is 21.3. The summed E-state index contributed by atoms with van der Waals surface area (Å²) in [6.45, 7) is 6.54. The molecule has 9 heteroatoms. The van der Waals surface area contributed by atoms with Crippen molar-refractivity contribution in [2.45, 2.75) is 31.6 Å².